The Labute approximate surface area is 117 Å². The topological polar surface area (TPSA) is 58.4 Å². The van der Waals surface area contributed by atoms with Gasteiger partial charge in [-0.15, -0.1) is 0 Å². The van der Waals surface area contributed by atoms with Crippen LogP contribution in [0, 0.1) is 21.8 Å². The number of hydrogen-bond acceptors (Lipinski definition) is 4. The smallest absolute Gasteiger partial charge is 0.292 e. The molecule has 0 aliphatic carbocycles. The molecule has 1 N–H and O–H groups in total. The van der Waals surface area contributed by atoms with Crippen molar-refractivity contribution in [1.29, 1.82) is 0 Å². The Balaban J connectivity index is 1.87. The van der Waals surface area contributed by atoms with Gasteiger partial charge in [0.25, 0.3) is 5.69 Å². The predicted octanol–water partition coefficient (Wildman–Crippen LogP) is 2.88. The fraction of sp³-hybridized carbons (Fsp3) is 0.571. The molecule has 1 aliphatic heterocycles. The van der Waals surface area contributed by atoms with Crippen molar-refractivity contribution >= 4 is 11.4 Å². The summed E-state index contributed by atoms with van der Waals surface area (Å²) in [6, 6.07) is 3.50. The van der Waals surface area contributed by atoms with Gasteiger partial charge in [0, 0.05) is 18.7 Å². The van der Waals surface area contributed by atoms with Crippen molar-refractivity contribution in [2.75, 3.05) is 32.0 Å². The van der Waals surface area contributed by atoms with Crippen LogP contribution in [0.25, 0.3) is 0 Å². The molecule has 0 atom stereocenters. The first-order valence-corrected chi connectivity index (χ1v) is 6.92. The molecule has 0 unspecified atom stereocenters. The molecule has 1 aromatic carbocycles. The number of piperidine rings is 1. The Morgan fingerprint density at radius 2 is 2.15 bits per heavy atom. The minimum atomic E-state index is -0.489. The molecule has 0 aromatic heterocycles. The minimum absolute atomic E-state index is 0.0743. The summed E-state index contributed by atoms with van der Waals surface area (Å²) >= 11 is 0. The third-order valence-electron chi connectivity index (χ3n) is 3.86. The Kier molecular flexibility index (Phi) is 4.89. The van der Waals surface area contributed by atoms with E-state index >= 15 is 0 Å². The summed E-state index contributed by atoms with van der Waals surface area (Å²) < 4.78 is 13.2. The largest absolute Gasteiger partial charge is 0.379 e. The predicted molar refractivity (Wildman–Crippen MR) is 76.4 cm³/mol. The van der Waals surface area contributed by atoms with Gasteiger partial charge in [0.1, 0.15) is 11.5 Å². The van der Waals surface area contributed by atoms with Crippen LogP contribution in [-0.2, 0) is 0 Å². The van der Waals surface area contributed by atoms with E-state index in [0.717, 1.165) is 38.4 Å². The SMILES string of the molecule is CN1CCC(CCNc2cc(F)ccc2[N+](=O)[O-])CC1. The summed E-state index contributed by atoms with van der Waals surface area (Å²) in [5.74, 6) is 0.184. The number of hydrogen-bond donors (Lipinski definition) is 1. The number of nitro groups is 1. The number of halogens is 1. The first-order chi connectivity index (χ1) is 9.56. The van der Waals surface area contributed by atoms with E-state index < -0.39 is 10.7 Å². The third-order valence-corrected chi connectivity index (χ3v) is 3.86. The Bertz CT molecular complexity index is 473. The lowest BCUT2D eigenvalue weighted by atomic mass is 9.94. The second-order valence-electron chi connectivity index (χ2n) is 5.38. The quantitative estimate of drug-likeness (QED) is 0.666. The maximum Gasteiger partial charge on any atom is 0.292 e. The molecule has 1 aromatic rings. The Morgan fingerprint density at radius 3 is 2.80 bits per heavy atom. The monoisotopic (exact) mass is 281 g/mol. The fourth-order valence-electron chi connectivity index (χ4n) is 2.57. The zero-order valence-corrected chi connectivity index (χ0v) is 11.6. The number of anilines is 1. The van der Waals surface area contributed by atoms with Crippen LogP contribution >= 0.6 is 0 Å². The lowest BCUT2D eigenvalue weighted by molar-refractivity contribution is -0.384. The standard InChI is InChI=1S/C14H20FN3O2/c1-17-8-5-11(6-9-17)4-7-16-13-10-12(15)2-3-14(13)18(19)20/h2-3,10-11,16H,4-9H2,1H3. The summed E-state index contributed by atoms with van der Waals surface area (Å²) in [5, 5.41) is 13.9. The molecule has 2 rings (SSSR count). The summed E-state index contributed by atoms with van der Waals surface area (Å²) in [6.07, 6.45) is 3.27. The highest BCUT2D eigenvalue weighted by Gasteiger charge is 2.17. The molecule has 0 amide bonds. The molecule has 6 heteroatoms. The van der Waals surface area contributed by atoms with Crippen LogP contribution in [0.4, 0.5) is 15.8 Å². The number of nitrogens with zero attached hydrogens (tertiary/aromatic N) is 2. The molecular formula is C14H20FN3O2. The molecular weight excluding hydrogens is 261 g/mol. The molecule has 1 fully saturated rings. The number of rotatable bonds is 5. The van der Waals surface area contributed by atoms with E-state index in [2.05, 4.69) is 17.3 Å². The Hall–Kier alpha value is -1.69. The van der Waals surface area contributed by atoms with E-state index in [1.165, 1.54) is 12.1 Å². The maximum atomic E-state index is 13.2. The van der Waals surface area contributed by atoms with Gasteiger partial charge < -0.3 is 10.2 Å². The molecule has 0 spiro atoms. The average Bonchev–Trinajstić information content (AvgIpc) is 2.41. The summed E-state index contributed by atoms with van der Waals surface area (Å²) in [4.78, 5) is 12.7. The van der Waals surface area contributed by atoms with Gasteiger partial charge in [-0.05, 0) is 51.4 Å². The van der Waals surface area contributed by atoms with Crippen molar-refractivity contribution in [2.24, 2.45) is 5.92 Å². The van der Waals surface area contributed by atoms with E-state index in [4.69, 9.17) is 0 Å². The van der Waals surface area contributed by atoms with E-state index in [1.54, 1.807) is 0 Å². The van der Waals surface area contributed by atoms with E-state index in [9.17, 15) is 14.5 Å². The van der Waals surface area contributed by atoms with Gasteiger partial charge in [0.15, 0.2) is 0 Å². The number of nitrogens with one attached hydrogen (secondary N) is 1. The minimum Gasteiger partial charge on any atom is -0.379 e. The van der Waals surface area contributed by atoms with Crippen molar-refractivity contribution in [3.8, 4) is 0 Å². The van der Waals surface area contributed by atoms with Crippen molar-refractivity contribution < 1.29 is 9.31 Å². The van der Waals surface area contributed by atoms with Crippen molar-refractivity contribution in [3.05, 3.63) is 34.1 Å². The van der Waals surface area contributed by atoms with Crippen molar-refractivity contribution in [3.63, 3.8) is 0 Å². The summed E-state index contributed by atoms with van der Waals surface area (Å²) in [6.45, 7) is 2.84. The van der Waals surface area contributed by atoms with E-state index in [1.807, 2.05) is 0 Å². The van der Waals surface area contributed by atoms with Gasteiger partial charge >= 0.3 is 0 Å². The Morgan fingerprint density at radius 1 is 1.45 bits per heavy atom. The lowest BCUT2D eigenvalue weighted by Crippen LogP contribution is -2.30. The normalized spacial score (nSPS) is 17.1. The average molecular weight is 281 g/mol. The fourth-order valence-corrected chi connectivity index (χ4v) is 2.57. The highest BCUT2D eigenvalue weighted by atomic mass is 19.1. The second-order valence-corrected chi connectivity index (χ2v) is 5.38. The van der Waals surface area contributed by atoms with Gasteiger partial charge in [-0.2, -0.15) is 0 Å². The van der Waals surface area contributed by atoms with Gasteiger partial charge in [0.05, 0.1) is 4.92 Å². The van der Waals surface area contributed by atoms with Gasteiger partial charge in [-0.3, -0.25) is 10.1 Å². The van der Waals surface area contributed by atoms with Crippen LogP contribution in [0.3, 0.4) is 0 Å². The number of likely N-dealkylation sites (tertiary alicyclic amines) is 1. The van der Waals surface area contributed by atoms with E-state index in [0.29, 0.717) is 12.5 Å². The molecule has 1 heterocycles. The molecule has 0 saturated carbocycles. The second kappa shape index (κ2) is 6.65. The first kappa shape index (κ1) is 14.7. The van der Waals surface area contributed by atoms with E-state index in [-0.39, 0.29) is 11.4 Å². The van der Waals surface area contributed by atoms with Crippen molar-refractivity contribution in [2.45, 2.75) is 19.3 Å². The van der Waals surface area contributed by atoms with Gasteiger partial charge in [-0.1, -0.05) is 0 Å². The third kappa shape index (κ3) is 3.90. The van der Waals surface area contributed by atoms with Gasteiger partial charge in [-0.25, -0.2) is 4.39 Å². The molecule has 0 bridgehead atoms. The van der Waals surface area contributed by atoms with Crippen LogP contribution in [-0.4, -0.2) is 36.5 Å². The van der Waals surface area contributed by atoms with Crippen LogP contribution in [0.2, 0.25) is 0 Å². The molecule has 5 nitrogen and oxygen atoms in total. The number of benzene rings is 1. The molecule has 110 valence electrons. The summed E-state index contributed by atoms with van der Waals surface area (Å²) in [7, 11) is 2.12. The van der Waals surface area contributed by atoms with Crippen LogP contribution in [0.15, 0.2) is 18.2 Å². The molecule has 1 saturated heterocycles. The molecule has 1 aliphatic rings. The number of nitro benzene ring substituents is 1. The highest BCUT2D eigenvalue weighted by molar-refractivity contribution is 5.61. The van der Waals surface area contributed by atoms with Crippen molar-refractivity contribution in [1.82, 2.24) is 4.90 Å². The van der Waals surface area contributed by atoms with Crippen LogP contribution < -0.4 is 5.32 Å². The highest BCUT2D eigenvalue weighted by Crippen LogP contribution is 2.26. The van der Waals surface area contributed by atoms with Gasteiger partial charge in [0.2, 0.25) is 0 Å². The molecule has 0 radical (unpaired) electrons. The first-order valence-electron chi connectivity index (χ1n) is 6.92. The lowest BCUT2D eigenvalue weighted by Gasteiger charge is -2.28. The molecule has 20 heavy (non-hydrogen) atoms. The van der Waals surface area contributed by atoms with Crippen LogP contribution in [0.1, 0.15) is 19.3 Å². The maximum absolute atomic E-state index is 13.2. The zero-order chi connectivity index (χ0) is 14.5. The summed E-state index contributed by atoms with van der Waals surface area (Å²) in [5.41, 5.74) is 0.192. The zero-order valence-electron chi connectivity index (χ0n) is 11.6. The van der Waals surface area contributed by atoms with Crippen LogP contribution in [0.5, 0.6) is 0 Å².